The Labute approximate surface area is 101 Å². The predicted octanol–water partition coefficient (Wildman–Crippen LogP) is 2.45. The summed E-state index contributed by atoms with van der Waals surface area (Å²) >= 11 is 0. The van der Waals surface area contributed by atoms with Crippen LogP contribution in [0.4, 0.5) is 11.4 Å². The maximum absolute atomic E-state index is 10.5. The second-order valence-electron chi connectivity index (χ2n) is 4.37. The molecule has 1 fully saturated rings. The molecule has 0 bridgehead atoms. The largest absolute Gasteiger partial charge is 0.370 e. The molecule has 1 aromatic rings. The summed E-state index contributed by atoms with van der Waals surface area (Å²) in [4.78, 5) is 12.5. The molecule has 1 aliphatic rings. The van der Waals surface area contributed by atoms with Gasteiger partial charge in [0.2, 0.25) is 0 Å². The van der Waals surface area contributed by atoms with Crippen molar-refractivity contribution in [3.8, 4) is 0 Å². The Hall–Kier alpha value is -1.62. The normalized spacial score (nSPS) is 17.9. The first-order valence-corrected chi connectivity index (χ1v) is 5.92. The molecule has 0 aliphatic carbocycles. The van der Waals surface area contributed by atoms with E-state index in [-0.39, 0.29) is 16.8 Å². The molecule has 1 atom stereocenters. The van der Waals surface area contributed by atoms with Crippen LogP contribution in [0.5, 0.6) is 0 Å². The van der Waals surface area contributed by atoms with E-state index in [9.17, 15) is 10.1 Å². The van der Waals surface area contributed by atoms with Crippen LogP contribution in [0.25, 0.3) is 0 Å². The van der Waals surface area contributed by atoms with E-state index in [1.807, 2.05) is 0 Å². The minimum Gasteiger partial charge on any atom is -0.370 e. The number of nitrogens with zero attached hydrogens (tertiary/aromatic N) is 2. The summed E-state index contributed by atoms with van der Waals surface area (Å²) in [6.45, 7) is 4.37. The SMILES string of the molecule is CC(Nc1ccc([N+](=O)[O-])cc1)N1CCCC1. The lowest BCUT2D eigenvalue weighted by Gasteiger charge is -2.25. The van der Waals surface area contributed by atoms with E-state index < -0.39 is 0 Å². The van der Waals surface area contributed by atoms with E-state index in [0.29, 0.717) is 0 Å². The number of non-ortho nitro benzene ring substituents is 1. The van der Waals surface area contributed by atoms with Crippen LogP contribution in [0.1, 0.15) is 19.8 Å². The number of hydrogen-bond donors (Lipinski definition) is 1. The molecule has 5 heteroatoms. The first kappa shape index (κ1) is 11.9. The van der Waals surface area contributed by atoms with Gasteiger partial charge in [-0.25, -0.2) is 0 Å². The molecule has 0 radical (unpaired) electrons. The summed E-state index contributed by atoms with van der Waals surface area (Å²) in [6.07, 6.45) is 2.79. The Kier molecular flexibility index (Phi) is 3.58. The molecule has 1 N–H and O–H groups in total. The number of nitrogens with one attached hydrogen (secondary N) is 1. The van der Waals surface area contributed by atoms with Crippen LogP contribution >= 0.6 is 0 Å². The van der Waals surface area contributed by atoms with Crippen molar-refractivity contribution >= 4 is 11.4 Å². The Morgan fingerprint density at radius 3 is 2.41 bits per heavy atom. The third-order valence-electron chi connectivity index (χ3n) is 3.14. The van der Waals surface area contributed by atoms with Crippen LogP contribution in [-0.4, -0.2) is 29.1 Å². The number of anilines is 1. The Balaban J connectivity index is 1.96. The zero-order chi connectivity index (χ0) is 12.3. The molecular formula is C12H17N3O2. The van der Waals surface area contributed by atoms with Crippen molar-refractivity contribution in [2.75, 3.05) is 18.4 Å². The summed E-state index contributed by atoms with van der Waals surface area (Å²) in [5, 5.41) is 13.9. The maximum atomic E-state index is 10.5. The molecule has 1 aliphatic heterocycles. The zero-order valence-electron chi connectivity index (χ0n) is 9.93. The second-order valence-corrected chi connectivity index (χ2v) is 4.37. The Morgan fingerprint density at radius 2 is 1.88 bits per heavy atom. The molecule has 0 spiro atoms. The first-order valence-electron chi connectivity index (χ1n) is 5.92. The highest BCUT2D eigenvalue weighted by molar-refractivity contribution is 5.48. The lowest BCUT2D eigenvalue weighted by atomic mass is 10.3. The summed E-state index contributed by atoms with van der Waals surface area (Å²) in [5.74, 6) is 0. The fraction of sp³-hybridized carbons (Fsp3) is 0.500. The van der Waals surface area contributed by atoms with Crippen molar-refractivity contribution < 1.29 is 4.92 Å². The van der Waals surface area contributed by atoms with Gasteiger partial charge in [-0.1, -0.05) is 0 Å². The quantitative estimate of drug-likeness (QED) is 0.643. The standard InChI is InChI=1S/C12H17N3O2/c1-10(14-8-2-3-9-14)13-11-4-6-12(7-5-11)15(16)17/h4-7,10,13H,2-3,8-9H2,1H3. The third-order valence-corrected chi connectivity index (χ3v) is 3.14. The highest BCUT2D eigenvalue weighted by atomic mass is 16.6. The van der Waals surface area contributed by atoms with E-state index in [4.69, 9.17) is 0 Å². The molecule has 0 aromatic heterocycles. The molecule has 1 unspecified atom stereocenters. The molecule has 5 nitrogen and oxygen atoms in total. The monoisotopic (exact) mass is 235 g/mol. The van der Waals surface area contributed by atoms with E-state index in [0.717, 1.165) is 18.8 Å². The molecule has 1 saturated heterocycles. The first-order chi connectivity index (χ1) is 8.16. The summed E-state index contributed by atoms with van der Waals surface area (Å²) in [5.41, 5.74) is 1.05. The number of likely N-dealkylation sites (tertiary alicyclic amines) is 1. The predicted molar refractivity (Wildman–Crippen MR) is 67.0 cm³/mol. The molecule has 17 heavy (non-hydrogen) atoms. The van der Waals surface area contributed by atoms with E-state index in [1.54, 1.807) is 12.1 Å². The van der Waals surface area contributed by atoms with E-state index >= 15 is 0 Å². The van der Waals surface area contributed by atoms with Crippen LogP contribution in [0.2, 0.25) is 0 Å². The number of rotatable bonds is 4. The van der Waals surface area contributed by atoms with Gasteiger partial charge in [-0.05, 0) is 31.9 Å². The molecule has 92 valence electrons. The van der Waals surface area contributed by atoms with Crippen molar-refractivity contribution in [1.82, 2.24) is 4.90 Å². The Morgan fingerprint density at radius 1 is 1.29 bits per heavy atom. The number of nitro benzene ring substituents is 1. The summed E-state index contributed by atoms with van der Waals surface area (Å²) < 4.78 is 0. The maximum Gasteiger partial charge on any atom is 0.269 e. The van der Waals surface area contributed by atoms with Gasteiger partial charge in [0.25, 0.3) is 5.69 Å². The molecule has 0 saturated carbocycles. The fourth-order valence-corrected chi connectivity index (χ4v) is 2.14. The van der Waals surface area contributed by atoms with Crippen molar-refractivity contribution in [3.63, 3.8) is 0 Å². The van der Waals surface area contributed by atoms with Gasteiger partial charge in [0.05, 0.1) is 11.1 Å². The van der Waals surface area contributed by atoms with Crippen molar-refractivity contribution in [2.24, 2.45) is 0 Å². The third kappa shape index (κ3) is 2.94. The highest BCUT2D eigenvalue weighted by Gasteiger charge is 2.17. The molecular weight excluding hydrogens is 218 g/mol. The van der Waals surface area contributed by atoms with Crippen molar-refractivity contribution in [2.45, 2.75) is 25.9 Å². The molecule has 0 amide bonds. The van der Waals surface area contributed by atoms with Crippen LogP contribution in [-0.2, 0) is 0 Å². The van der Waals surface area contributed by atoms with Crippen molar-refractivity contribution in [1.29, 1.82) is 0 Å². The van der Waals surface area contributed by atoms with Gasteiger partial charge in [0.15, 0.2) is 0 Å². The van der Waals surface area contributed by atoms with E-state index in [1.165, 1.54) is 25.0 Å². The zero-order valence-corrected chi connectivity index (χ0v) is 9.93. The van der Waals surface area contributed by atoms with Crippen LogP contribution < -0.4 is 5.32 Å². The topological polar surface area (TPSA) is 58.4 Å². The minimum absolute atomic E-state index is 0.129. The van der Waals surface area contributed by atoms with Gasteiger partial charge in [-0.3, -0.25) is 15.0 Å². The average molecular weight is 235 g/mol. The van der Waals surface area contributed by atoms with Gasteiger partial charge in [0.1, 0.15) is 0 Å². The number of benzene rings is 1. The van der Waals surface area contributed by atoms with Crippen LogP contribution in [0.3, 0.4) is 0 Å². The van der Waals surface area contributed by atoms with Gasteiger partial charge in [0, 0.05) is 30.9 Å². The fourth-order valence-electron chi connectivity index (χ4n) is 2.14. The number of nitro groups is 1. The molecule has 1 heterocycles. The van der Waals surface area contributed by atoms with Crippen molar-refractivity contribution in [3.05, 3.63) is 34.4 Å². The molecule has 1 aromatic carbocycles. The number of hydrogen-bond acceptors (Lipinski definition) is 4. The van der Waals surface area contributed by atoms with Gasteiger partial charge >= 0.3 is 0 Å². The van der Waals surface area contributed by atoms with Gasteiger partial charge < -0.3 is 5.32 Å². The summed E-state index contributed by atoms with van der Waals surface area (Å²) in [7, 11) is 0. The van der Waals surface area contributed by atoms with E-state index in [2.05, 4.69) is 17.1 Å². The van der Waals surface area contributed by atoms with Crippen LogP contribution in [0.15, 0.2) is 24.3 Å². The summed E-state index contributed by atoms with van der Waals surface area (Å²) in [6, 6.07) is 6.56. The van der Waals surface area contributed by atoms with Gasteiger partial charge in [-0.15, -0.1) is 0 Å². The lowest BCUT2D eigenvalue weighted by molar-refractivity contribution is -0.384. The molecule has 2 rings (SSSR count). The smallest absolute Gasteiger partial charge is 0.269 e. The van der Waals surface area contributed by atoms with Crippen LogP contribution in [0, 0.1) is 10.1 Å². The van der Waals surface area contributed by atoms with Gasteiger partial charge in [-0.2, -0.15) is 0 Å². The Bertz CT molecular complexity index is 385. The minimum atomic E-state index is -0.381. The lowest BCUT2D eigenvalue weighted by Crippen LogP contribution is -2.36. The highest BCUT2D eigenvalue weighted by Crippen LogP contribution is 2.18. The average Bonchev–Trinajstić information content (AvgIpc) is 2.83. The second kappa shape index (κ2) is 5.14.